The van der Waals surface area contributed by atoms with Gasteiger partial charge in [-0.15, -0.1) is 0 Å². The predicted octanol–water partition coefficient (Wildman–Crippen LogP) is -2.43. The van der Waals surface area contributed by atoms with Gasteiger partial charge >= 0.3 is 5.97 Å². The van der Waals surface area contributed by atoms with Gasteiger partial charge in [0.1, 0.15) is 18.3 Å². The molecule has 26 heavy (non-hydrogen) atoms. The van der Waals surface area contributed by atoms with E-state index in [1.807, 2.05) is 0 Å². The van der Waals surface area contributed by atoms with E-state index in [1.165, 1.54) is 13.0 Å². The fourth-order valence-electron chi connectivity index (χ4n) is 2.61. The van der Waals surface area contributed by atoms with Crippen molar-refractivity contribution in [3.63, 3.8) is 0 Å². The van der Waals surface area contributed by atoms with Crippen molar-refractivity contribution in [1.82, 2.24) is 16.0 Å². The SMILES string of the molecule is CC(=O)N[C@H]1[C@H]([C@H](O)[C@H](O)CO)OC(C(=O)O)=C[C@@H]1NC(=S)NC1CC1. The number of rotatable bonds is 7. The summed E-state index contributed by atoms with van der Waals surface area (Å²) in [5.41, 5.74) is 0. The number of aliphatic hydroxyl groups excluding tert-OH is 3. The monoisotopic (exact) mass is 389 g/mol. The summed E-state index contributed by atoms with van der Waals surface area (Å²) < 4.78 is 5.27. The smallest absolute Gasteiger partial charge is 0.370 e. The molecule has 0 radical (unpaired) electrons. The summed E-state index contributed by atoms with van der Waals surface area (Å²) in [6.07, 6.45) is -1.36. The van der Waals surface area contributed by atoms with Gasteiger partial charge in [-0.25, -0.2) is 4.79 Å². The van der Waals surface area contributed by atoms with Crippen molar-refractivity contribution in [2.75, 3.05) is 6.61 Å². The lowest BCUT2D eigenvalue weighted by Crippen LogP contribution is -2.64. The fourth-order valence-corrected chi connectivity index (χ4v) is 2.91. The van der Waals surface area contributed by atoms with E-state index in [2.05, 4.69) is 16.0 Å². The van der Waals surface area contributed by atoms with Crippen LogP contribution >= 0.6 is 12.2 Å². The maximum Gasteiger partial charge on any atom is 0.370 e. The Balaban J connectivity index is 2.27. The quantitative estimate of drug-likeness (QED) is 0.233. The number of carboxylic acid groups (broad SMARTS) is 1. The lowest BCUT2D eigenvalue weighted by molar-refractivity contribution is -0.146. The fraction of sp³-hybridized carbons (Fsp3) is 0.667. The summed E-state index contributed by atoms with van der Waals surface area (Å²) in [5, 5.41) is 47.1. The van der Waals surface area contributed by atoms with Crippen LogP contribution in [-0.2, 0) is 14.3 Å². The van der Waals surface area contributed by atoms with Crippen molar-refractivity contribution in [1.29, 1.82) is 0 Å². The molecule has 1 heterocycles. The van der Waals surface area contributed by atoms with Crippen LogP contribution in [0.3, 0.4) is 0 Å². The molecule has 0 aromatic rings. The first-order chi connectivity index (χ1) is 12.2. The van der Waals surface area contributed by atoms with Gasteiger partial charge in [0, 0.05) is 13.0 Å². The molecule has 1 aliphatic carbocycles. The second-order valence-electron chi connectivity index (χ2n) is 6.30. The molecule has 0 aromatic heterocycles. The first-order valence-corrected chi connectivity index (χ1v) is 8.56. The van der Waals surface area contributed by atoms with Gasteiger partial charge in [-0.2, -0.15) is 0 Å². The molecule has 0 unspecified atom stereocenters. The minimum atomic E-state index is -1.64. The number of carbonyl (C=O) groups excluding carboxylic acids is 1. The average molecular weight is 389 g/mol. The Morgan fingerprint density at radius 2 is 1.96 bits per heavy atom. The van der Waals surface area contributed by atoms with Crippen molar-refractivity contribution >= 4 is 29.2 Å². The zero-order valence-corrected chi connectivity index (χ0v) is 14.9. The molecule has 10 nitrogen and oxygen atoms in total. The Morgan fingerprint density at radius 1 is 1.31 bits per heavy atom. The van der Waals surface area contributed by atoms with Crippen molar-refractivity contribution < 1.29 is 34.8 Å². The third-order valence-corrected chi connectivity index (χ3v) is 4.28. The molecule has 0 bridgehead atoms. The van der Waals surface area contributed by atoms with E-state index in [1.54, 1.807) is 0 Å². The highest BCUT2D eigenvalue weighted by Gasteiger charge is 2.44. The molecule has 0 spiro atoms. The lowest BCUT2D eigenvalue weighted by atomic mass is 9.92. The van der Waals surface area contributed by atoms with Gasteiger partial charge in [-0.3, -0.25) is 4.79 Å². The molecule has 1 amide bonds. The third kappa shape index (κ3) is 5.27. The summed E-state index contributed by atoms with van der Waals surface area (Å²) in [4.78, 5) is 22.9. The Kier molecular flexibility index (Phi) is 6.75. The van der Waals surface area contributed by atoms with Gasteiger partial charge in [0.25, 0.3) is 0 Å². The number of nitrogens with one attached hydrogen (secondary N) is 3. The molecule has 2 aliphatic rings. The number of amides is 1. The highest BCUT2D eigenvalue weighted by molar-refractivity contribution is 7.80. The lowest BCUT2D eigenvalue weighted by Gasteiger charge is -2.40. The molecular formula is C15H23N3O7S. The van der Waals surface area contributed by atoms with Crippen molar-refractivity contribution in [2.45, 2.75) is 56.2 Å². The zero-order valence-electron chi connectivity index (χ0n) is 14.1. The van der Waals surface area contributed by atoms with E-state index >= 15 is 0 Å². The van der Waals surface area contributed by atoms with Gasteiger partial charge < -0.3 is 41.1 Å². The second-order valence-corrected chi connectivity index (χ2v) is 6.71. The van der Waals surface area contributed by atoms with Gasteiger partial charge in [-0.05, 0) is 31.1 Å². The predicted molar refractivity (Wildman–Crippen MR) is 93.0 cm³/mol. The maximum absolute atomic E-state index is 11.6. The number of hydrogen-bond donors (Lipinski definition) is 7. The first-order valence-electron chi connectivity index (χ1n) is 8.15. The molecule has 146 valence electrons. The molecule has 1 saturated carbocycles. The van der Waals surface area contributed by atoms with E-state index in [0.29, 0.717) is 0 Å². The summed E-state index contributed by atoms with van der Waals surface area (Å²) in [5.74, 6) is -2.29. The third-order valence-electron chi connectivity index (χ3n) is 4.04. The molecule has 0 aromatic carbocycles. The number of aliphatic hydroxyl groups is 3. The topological polar surface area (TPSA) is 160 Å². The molecule has 0 saturated heterocycles. The van der Waals surface area contributed by atoms with Crippen LogP contribution in [-0.4, -0.2) is 80.5 Å². The average Bonchev–Trinajstić information content (AvgIpc) is 3.37. The van der Waals surface area contributed by atoms with Crippen LogP contribution in [0.25, 0.3) is 0 Å². The van der Waals surface area contributed by atoms with Crippen LogP contribution in [0.1, 0.15) is 19.8 Å². The highest BCUT2D eigenvalue weighted by atomic mass is 32.1. The van der Waals surface area contributed by atoms with Crippen molar-refractivity contribution in [2.24, 2.45) is 0 Å². The Hall–Kier alpha value is -1.95. The molecule has 11 heteroatoms. The highest BCUT2D eigenvalue weighted by Crippen LogP contribution is 2.23. The molecular weight excluding hydrogens is 366 g/mol. The van der Waals surface area contributed by atoms with Gasteiger partial charge in [-0.1, -0.05) is 0 Å². The van der Waals surface area contributed by atoms with Crippen LogP contribution < -0.4 is 16.0 Å². The summed E-state index contributed by atoms with van der Waals surface area (Å²) in [6.45, 7) is 0.486. The van der Waals surface area contributed by atoms with E-state index in [4.69, 9.17) is 22.1 Å². The minimum Gasteiger partial charge on any atom is -0.478 e. The first kappa shape index (κ1) is 20.4. The van der Waals surface area contributed by atoms with Gasteiger partial charge in [0.15, 0.2) is 5.11 Å². The van der Waals surface area contributed by atoms with E-state index < -0.39 is 54.6 Å². The minimum absolute atomic E-state index is 0.259. The molecule has 2 rings (SSSR count). The number of hydrogen-bond acceptors (Lipinski definition) is 7. The standard InChI is InChI=1S/C15H23N3O7S/c1-6(20)16-11-8(18-15(26)17-7-2-3-7)4-10(14(23)24)25-13(11)12(22)9(21)5-19/h4,7-9,11-13,19,21-22H,2-3,5H2,1H3,(H,16,20)(H,23,24)(H2,17,18,26)/t8-,9+,11+,12+,13+/m0/s1. The van der Waals surface area contributed by atoms with E-state index in [-0.39, 0.29) is 11.2 Å². The van der Waals surface area contributed by atoms with Crippen LogP contribution in [0.15, 0.2) is 11.8 Å². The Morgan fingerprint density at radius 3 is 2.46 bits per heavy atom. The summed E-state index contributed by atoms with van der Waals surface area (Å²) in [7, 11) is 0. The summed E-state index contributed by atoms with van der Waals surface area (Å²) >= 11 is 5.20. The summed E-state index contributed by atoms with van der Waals surface area (Å²) in [6, 6.07) is -1.50. The number of ether oxygens (including phenoxy) is 1. The number of thiocarbonyl (C=S) groups is 1. The van der Waals surface area contributed by atoms with Crippen molar-refractivity contribution in [3.05, 3.63) is 11.8 Å². The number of aliphatic carboxylic acids is 1. The van der Waals surface area contributed by atoms with Gasteiger partial charge in [0.2, 0.25) is 11.7 Å². The second kappa shape index (κ2) is 8.62. The van der Waals surface area contributed by atoms with Crippen LogP contribution in [0, 0.1) is 0 Å². The Labute approximate surface area is 155 Å². The van der Waals surface area contributed by atoms with Crippen molar-refractivity contribution in [3.8, 4) is 0 Å². The Bertz CT molecular complexity index is 596. The van der Waals surface area contributed by atoms with E-state index in [0.717, 1.165) is 12.8 Å². The number of carbonyl (C=O) groups is 2. The van der Waals surface area contributed by atoms with Crippen LogP contribution in [0.2, 0.25) is 0 Å². The molecule has 1 aliphatic heterocycles. The molecule has 1 fully saturated rings. The normalized spacial score (nSPS) is 27.4. The molecule has 5 atom stereocenters. The van der Waals surface area contributed by atoms with Crippen LogP contribution in [0.4, 0.5) is 0 Å². The largest absolute Gasteiger partial charge is 0.478 e. The number of carboxylic acids is 1. The van der Waals surface area contributed by atoms with Crippen LogP contribution in [0.5, 0.6) is 0 Å². The maximum atomic E-state index is 11.6. The van der Waals surface area contributed by atoms with Gasteiger partial charge in [0.05, 0.1) is 18.7 Å². The zero-order chi connectivity index (χ0) is 19.4. The van der Waals surface area contributed by atoms with E-state index in [9.17, 15) is 24.9 Å². The molecule has 7 N–H and O–H groups in total.